The largest absolute Gasteiger partial charge is 0.397 e. The smallest absolute Gasteiger partial charge is 0.0710 e. The van der Waals surface area contributed by atoms with Gasteiger partial charge >= 0.3 is 0 Å². The zero-order valence-corrected chi connectivity index (χ0v) is 11.1. The van der Waals surface area contributed by atoms with E-state index in [1.165, 1.54) is 0 Å². The summed E-state index contributed by atoms with van der Waals surface area (Å²) in [5.74, 6) is 0. The van der Waals surface area contributed by atoms with Crippen LogP contribution in [0.4, 0.5) is 5.69 Å². The maximum atomic E-state index is 6.06. The Labute approximate surface area is 116 Å². The number of fused-ring (bicyclic) bond motifs is 1. The predicted octanol–water partition coefficient (Wildman–Crippen LogP) is 4.30. The Kier molecular flexibility index (Phi) is 3.69. The van der Waals surface area contributed by atoms with Crippen molar-refractivity contribution in [2.24, 2.45) is 0 Å². The SMILES string of the molecule is N.Nc1cnc2ccc(Cl)cc2c1-c1ccccc1. The third kappa shape index (κ3) is 2.38. The number of pyridine rings is 1. The number of anilines is 1. The number of halogens is 1. The molecule has 0 saturated heterocycles. The molecule has 0 aliphatic rings. The topological polar surface area (TPSA) is 73.9 Å². The van der Waals surface area contributed by atoms with Gasteiger partial charge in [-0.1, -0.05) is 41.9 Å². The number of aromatic nitrogens is 1. The lowest BCUT2D eigenvalue weighted by atomic mass is 10.00. The lowest BCUT2D eigenvalue weighted by Gasteiger charge is -2.10. The van der Waals surface area contributed by atoms with Crippen LogP contribution in [0.1, 0.15) is 0 Å². The molecule has 0 radical (unpaired) electrons. The minimum absolute atomic E-state index is 0. The van der Waals surface area contributed by atoms with Gasteiger partial charge in [0.25, 0.3) is 0 Å². The van der Waals surface area contributed by atoms with E-state index in [2.05, 4.69) is 4.98 Å². The van der Waals surface area contributed by atoms with Crippen LogP contribution in [-0.4, -0.2) is 4.98 Å². The van der Waals surface area contributed by atoms with E-state index in [1.54, 1.807) is 6.20 Å². The highest BCUT2D eigenvalue weighted by atomic mass is 35.5. The molecule has 0 unspecified atom stereocenters. The summed E-state index contributed by atoms with van der Waals surface area (Å²) < 4.78 is 0. The van der Waals surface area contributed by atoms with E-state index in [-0.39, 0.29) is 6.15 Å². The zero-order valence-electron chi connectivity index (χ0n) is 10.3. The average Bonchev–Trinajstić information content (AvgIpc) is 2.39. The van der Waals surface area contributed by atoms with E-state index in [0.29, 0.717) is 10.7 Å². The lowest BCUT2D eigenvalue weighted by Crippen LogP contribution is -1.93. The minimum atomic E-state index is 0. The van der Waals surface area contributed by atoms with E-state index in [0.717, 1.165) is 22.0 Å². The second-order valence-electron chi connectivity index (χ2n) is 4.12. The van der Waals surface area contributed by atoms with Crippen LogP contribution in [0.3, 0.4) is 0 Å². The summed E-state index contributed by atoms with van der Waals surface area (Å²) in [5.41, 5.74) is 9.68. The molecular weight excluding hydrogens is 258 g/mol. The molecule has 3 rings (SSSR count). The Bertz CT molecular complexity index is 706. The molecule has 0 atom stereocenters. The van der Waals surface area contributed by atoms with Crippen molar-refractivity contribution in [1.82, 2.24) is 11.1 Å². The molecule has 19 heavy (non-hydrogen) atoms. The predicted molar refractivity (Wildman–Crippen MR) is 81.6 cm³/mol. The molecule has 0 amide bonds. The van der Waals surface area contributed by atoms with Gasteiger partial charge in [0.05, 0.1) is 17.4 Å². The van der Waals surface area contributed by atoms with Gasteiger partial charge in [-0.15, -0.1) is 0 Å². The van der Waals surface area contributed by atoms with Crippen molar-refractivity contribution < 1.29 is 0 Å². The second-order valence-corrected chi connectivity index (χ2v) is 4.55. The van der Waals surface area contributed by atoms with Crippen molar-refractivity contribution in [3.8, 4) is 11.1 Å². The van der Waals surface area contributed by atoms with Crippen molar-refractivity contribution in [3.05, 3.63) is 59.8 Å². The van der Waals surface area contributed by atoms with Gasteiger partial charge in [-0.3, -0.25) is 4.98 Å². The molecule has 96 valence electrons. The molecule has 3 nitrogen and oxygen atoms in total. The normalized spacial score (nSPS) is 10.2. The maximum absolute atomic E-state index is 6.06. The molecule has 5 N–H and O–H groups in total. The molecule has 1 heterocycles. The average molecular weight is 272 g/mol. The van der Waals surface area contributed by atoms with Crippen LogP contribution in [0.25, 0.3) is 22.0 Å². The molecular formula is C15H14ClN3. The number of rotatable bonds is 1. The van der Waals surface area contributed by atoms with E-state index in [1.807, 2.05) is 48.5 Å². The van der Waals surface area contributed by atoms with E-state index < -0.39 is 0 Å². The standard InChI is InChI=1S/C15H11ClN2.H3N/c16-11-6-7-14-12(8-11)15(13(17)9-18-14)10-4-2-1-3-5-10;/h1-9H,17H2;1H3. The summed E-state index contributed by atoms with van der Waals surface area (Å²) >= 11 is 6.06. The van der Waals surface area contributed by atoms with Gasteiger partial charge in [-0.25, -0.2) is 0 Å². The molecule has 0 fully saturated rings. The quantitative estimate of drug-likeness (QED) is 0.693. The van der Waals surface area contributed by atoms with Crippen molar-refractivity contribution in [1.29, 1.82) is 0 Å². The lowest BCUT2D eigenvalue weighted by molar-refractivity contribution is 1.41. The van der Waals surface area contributed by atoms with Gasteiger partial charge in [0.2, 0.25) is 0 Å². The number of hydrogen-bond donors (Lipinski definition) is 2. The molecule has 0 saturated carbocycles. The van der Waals surface area contributed by atoms with Crippen molar-refractivity contribution >= 4 is 28.2 Å². The first-order chi connectivity index (χ1) is 8.75. The fourth-order valence-corrected chi connectivity index (χ4v) is 2.28. The summed E-state index contributed by atoms with van der Waals surface area (Å²) in [6.07, 6.45) is 1.69. The molecule has 4 heteroatoms. The number of nitrogens with two attached hydrogens (primary N) is 1. The highest BCUT2D eigenvalue weighted by Gasteiger charge is 2.09. The number of benzene rings is 2. The van der Waals surface area contributed by atoms with E-state index in [9.17, 15) is 0 Å². The molecule has 1 aromatic heterocycles. The van der Waals surface area contributed by atoms with Crippen LogP contribution in [0.5, 0.6) is 0 Å². The minimum Gasteiger partial charge on any atom is -0.397 e. The Hall–Kier alpha value is -2.10. The Morgan fingerprint density at radius 1 is 1.00 bits per heavy atom. The first kappa shape index (κ1) is 13.3. The molecule has 0 spiro atoms. The second kappa shape index (κ2) is 5.26. The Morgan fingerprint density at radius 3 is 2.47 bits per heavy atom. The number of nitrogen functional groups attached to an aromatic ring is 1. The van der Waals surface area contributed by atoms with Gasteiger partial charge in [0.1, 0.15) is 0 Å². The first-order valence-corrected chi connectivity index (χ1v) is 6.02. The number of hydrogen-bond acceptors (Lipinski definition) is 3. The summed E-state index contributed by atoms with van der Waals surface area (Å²) in [5, 5.41) is 1.67. The summed E-state index contributed by atoms with van der Waals surface area (Å²) in [7, 11) is 0. The van der Waals surface area contributed by atoms with Gasteiger partial charge in [0, 0.05) is 16.0 Å². The van der Waals surface area contributed by atoms with Crippen LogP contribution >= 0.6 is 11.6 Å². The summed E-state index contributed by atoms with van der Waals surface area (Å²) in [4.78, 5) is 4.32. The van der Waals surface area contributed by atoms with Crippen LogP contribution in [-0.2, 0) is 0 Å². The van der Waals surface area contributed by atoms with Crippen molar-refractivity contribution in [2.75, 3.05) is 5.73 Å². The summed E-state index contributed by atoms with van der Waals surface area (Å²) in [6, 6.07) is 15.7. The van der Waals surface area contributed by atoms with E-state index >= 15 is 0 Å². The molecule has 0 aliphatic heterocycles. The first-order valence-electron chi connectivity index (χ1n) is 5.65. The molecule has 3 aromatic rings. The molecule has 0 aliphatic carbocycles. The maximum Gasteiger partial charge on any atom is 0.0710 e. The fourth-order valence-electron chi connectivity index (χ4n) is 2.11. The van der Waals surface area contributed by atoms with Gasteiger partial charge < -0.3 is 11.9 Å². The Balaban J connectivity index is 0.00000133. The van der Waals surface area contributed by atoms with Crippen LogP contribution in [0, 0.1) is 0 Å². The fraction of sp³-hybridized carbons (Fsp3) is 0. The highest BCUT2D eigenvalue weighted by Crippen LogP contribution is 2.33. The number of nitrogens with zero attached hydrogens (tertiary/aromatic N) is 1. The molecule has 2 aromatic carbocycles. The summed E-state index contributed by atoms with van der Waals surface area (Å²) in [6.45, 7) is 0. The van der Waals surface area contributed by atoms with Gasteiger partial charge in [-0.2, -0.15) is 0 Å². The van der Waals surface area contributed by atoms with Gasteiger partial charge in [0.15, 0.2) is 0 Å². The zero-order chi connectivity index (χ0) is 12.5. The third-order valence-corrected chi connectivity index (χ3v) is 3.16. The monoisotopic (exact) mass is 271 g/mol. The molecule has 0 bridgehead atoms. The van der Waals surface area contributed by atoms with Gasteiger partial charge in [-0.05, 0) is 23.8 Å². The highest BCUT2D eigenvalue weighted by molar-refractivity contribution is 6.31. The van der Waals surface area contributed by atoms with Crippen LogP contribution in [0.15, 0.2) is 54.7 Å². The van der Waals surface area contributed by atoms with E-state index in [4.69, 9.17) is 17.3 Å². The Morgan fingerprint density at radius 2 is 1.74 bits per heavy atom. The van der Waals surface area contributed by atoms with Crippen molar-refractivity contribution in [2.45, 2.75) is 0 Å². The van der Waals surface area contributed by atoms with Crippen LogP contribution < -0.4 is 11.9 Å². The van der Waals surface area contributed by atoms with Crippen LogP contribution in [0.2, 0.25) is 5.02 Å². The van der Waals surface area contributed by atoms with Crippen molar-refractivity contribution in [3.63, 3.8) is 0 Å². The third-order valence-electron chi connectivity index (χ3n) is 2.92.